The van der Waals surface area contributed by atoms with Crippen molar-refractivity contribution in [3.63, 3.8) is 0 Å². The maximum Gasteiger partial charge on any atom is 0.249 e. The summed E-state index contributed by atoms with van der Waals surface area (Å²) in [5, 5.41) is 0. The monoisotopic (exact) mass is 402 g/mol. The quantitative estimate of drug-likeness (QED) is 0.758. The first-order chi connectivity index (χ1) is 13.5. The first-order valence-corrected chi connectivity index (χ1v) is 10.5. The van der Waals surface area contributed by atoms with Crippen LogP contribution in [0.1, 0.15) is 5.56 Å². The fourth-order valence-corrected chi connectivity index (χ4v) is 5.18. The molecule has 0 aliphatic carbocycles. The number of hydrogen-bond donors (Lipinski definition) is 0. The molecular formula is C20H22N2O5S. The van der Waals surface area contributed by atoms with Gasteiger partial charge < -0.3 is 14.4 Å². The number of sulfonamides is 1. The largest absolute Gasteiger partial charge is 0.497 e. The lowest BCUT2D eigenvalue weighted by Gasteiger charge is -2.36. The molecule has 7 nitrogen and oxygen atoms in total. The molecule has 2 unspecified atom stereocenters. The third-order valence-corrected chi connectivity index (χ3v) is 7.08. The molecule has 2 heterocycles. The summed E-state index contributed by atoms with van der Waals surface area (Å²) in [5.41, 5.74) is 1.01. The second-order valence-electron chi connectivity index (χ2n) is 6.92. The van der Waals surface area contributed by atoms with Gasteiger partial charge in [0, 0.05) is 19.6 Å². The van der Waals surface area contributed by atoms with Crippen LogP contribution >= 0.6 is 0 Å². The first-order valence-electron chi connectivity index (χ1n) is 9.08. The van der Waals surface area contributed by atoms with Crippen LogP contribution in [0.4, 0.5) is 0 Å². The van der Waals surface area contributed by atoms with Crippen LogP contribution in [0, 0.1) is 0 Å². The van der Waals surface area contributed by atoms with Crippen LogP contribution in [0.5, 0.6) is 5.75 Å². The Morgan fingerprint density at radius 3 is 2.46 bits per heavy atom. The minimum absolute atomic E-state index is 0.0234. The molecular weight excluding hydrogens is 380 g/mol. The van der Waals surface area contributed by atoms with Crippen LogP contribution in [0.25, 0.3) is 0 Å². The Labute approximate surface area is 164 Å². The number of morpholine rings is 1. The molecule has 2 aliphatic heterocycles. The predicted octanol–water partition coefficient (Wildman–Crippen LogP) is 1.50. The van der Waals surface area contributed by atoms with Crippen molar-refractivity contribution < 1.29 is 22.7 Å². The van der Waals surface area contributed by atoms with Crippen LogP contribution in [-0.4, -0.2) is 62.5 Å². The van der Waals surface area contributed by atoms with Crippen LogP contribution in [0.15, 0.2) is 59.5 Å². The van der Waals surface area contributed by atoms with Crippen molar-refractivity contribution in [1.82, 2.24) is 9.21 Å². The maximum absolute atomic E-state index is 13.1. The van der Waals surface area contributed by atoms with Crippen molar-refractivity contribution in [2.24, 2.45) is 0 Å². The molecule has 0 radical (unpaired) electrons. The van der Waals surface area contributed by atoms with Crippen molar-refractivity contribution in [2.75, 3.05) is 26.8 Å². The molecule has 4 rings (SSSR count). The fourth-order valence-electron chi connectivity index (χ4n) is 3.71. The van der Waals surface area contributed by atoms with Crippen molar-refractivity contribution >= 4 is 15.9 Å². The molecule has 2 aromatic carbocycles. The van der Waals surface area contributed by atoms with E-state index in [2.05, 4.69) is 0 Å². The molecule has 0 N–H and O–H groups in total. The van der Waals surface area contributed by atoms with E-state index >= 15 is 0 Å². The highest BCUT2D eigenvalue weighted by molar-refractivity contribution is 7.89. The summed E-state index contributed by atoms with van der Waals surface area (Å²) < 4.78 is 38.3. The fraction of sp³-hybridized carbons (Fsp3) is 0.350. The average molecular weight is 402 g/mol. The summed E-state index contributed by atoms with van der Waals surface area (Å²) in [6, 6.07) is 15.7. The minimum Gasteiger partial charge on any atom is -0.497 e. The van der Waals surface area contributed by atoms with E-state index in [1.807, 2.05) is 30.3 Å². The van der Waals surface area contributed by atoms with E-state index in [1.165, 1.54) is 23.5 Å². The zero-order chi connectivity index (χ0) is 19.7. The summed E-state index contributed by atoms with van der Waals surface area (Å²) >= 11 is 0. The third kappa shape index (κ3) is 3.50. The maximum atomic E-state index is 13.1. The SMILES string of the molecule is COc1ccc(S(=O)(=O)N2CC3OCC(=O)N(Cc4ccccc4)C3C2)cc1. The van der Waals surface area contributed by atoms with Gasteiger partial charge in [-0.1, -0.05) is 30.3 Å². The van der Waals surface area contributed by atoms with Gasteiger partial charge in [-0.05, 0) is 29.8 Å². The molecule has 1 amide bonds. The highest BCUT2D eigenvalue weighted by atomic mass is 32.2. The molecule has 2 saturated heterocycles. The van der Waals surface area contributed by atoms with Gasteiger partial charge in [-0.25, -0.2) is 8.42 Å². The number of nitrogens with zero attached hydrogens (tertiary/aromatic N) is 2. The van der Waals surface area contributed by atoms with E-state index in [0.717, 1.165) is 5.56 Å². The molecule has 2 aromatic rings. The van der Waals surface area contributed by atoms with Gasteiger partial charge in [0.15, 0.2) is 0 Å². The average Bonchev–Trinajstić information content (AvgIpc) is 3.16. The van der Waals surface area contributed by atoms with E-state index in [1.54, 1.807) is 17.0 Å². The number of carbonyl (C=O) groups excluding carboxylic acids is 1. The Morgan fingerprint density at radius 1 is 1.07 bits per heavy atom. The summed E-state index contributed by atoms with van der Waals surface area (Å²) in [4.78, 5) is 14.4. The molecule has 0 saturated carbocycles. The van der Waals surface area contributed by atoms with Crippen LogP contribution in [-0.2, 0) is 26.1 Å². The molecule has 2 fully saturated rings. The summed E-state index contributed by atoms with van der Waals surface area (Å²) in [5.74, 6) is 0.478. The number of fused-ring (bicyclic) bond motifs is 1. The molecule has 8 heteroatoms. The van der Waals surface area contributed by atoms with Gasteiger partial charge in [-0.15, -0.1) is 0 Å². The predicted molar refractivity (Wildman–Crippen MR) is 102 cm³/mol. The molecule has 0 aromatic heterocycles. The Bertz CT molecular complexity index is 946. The molecule has 2 atom stereocenters. The lowest BCUT2D eigenvalue weighted by atomic mass is 10.1. The molecule has 28 heavy (non-hydrogen) atoms. The van der Waals surface area contributed by atoms with Crippen LogP contribution in [0.2, 0.25) is 0 Å². The number of carbonyl (C=O) groups is 1. The molecule has 0 bridgehead atoms. The van der Waals surface area contributed by atoms with Gasteiger partial charge in [0.05, 0.1) is 24.2 Å². The first kappa shape index (κ1) is 18.9. The highest BCUT2D eigenvalue weighted by Crippen LogP contribution is 2.30. The lowest BCUT2D eigenvalue weighted by molar-refractivity contribution is -0.153. The summed E-state index contributed by atoms with van der Waals surface area (Å²) in [6.45, 7) is 0.875. The van der Waals surface area contributed by atoms with Crippen molar-refractivity contribution in [3.8, 4) is 5.75 Å². The van der Waals surface area contributed by atoms with Gasteiger partial charge in [-0.2, -0.15) is 4.31 Å². The van der Waals surface area contributed by atoms with E-state index < -0.39 is 10.0 Å². The van der Waals surface area contributed by atoms with Gasteiger partial charge in [0.2, 0.25) is 15.9 Å². The van der Waals surface area contributed by atoms with Crippen LogP contribution in [0.3, 0.4) is 0 Å². The highest BCUT2D eigenvalue weighted by Gasteiger charge is 2.46. The second kappa shape index (κ2) is 7.54. The number of rotatable bonds is 5. The Morgan fingerprint density at radius 2 is 1.79 bits per heavy atom. The number of amides is 1. The van der Waals surface area contributed by atoms with E-state index in [9.17, 15) is 13.2 Å². The van der Waals surface area contributed by atoms with Crippen LogP contribution < -0.4 is 4.74 Å². The third-order valence-electron chi connectivity index (χ3n) is 5.24. The Balaban J connectivity index is 1.55. The lowest BCUT2D eigenvalue weighted by Crippen LogP contribution is -2.53. The topological polar surface area (TPSA) is 76.1 Å². The summed E-state index contributed by atoms with van der Waals surface area (Å²) in [7, 11) is -2.14. The van der Waals surface area contributed by atoms with E-state index in [-0.39, 0.29) is 42.6 Å². The van der Waals surface area contributed by atoms with Crippen molar-refractivity contribution in [3.05, 3.63) is 60.2 Å². The van der Waals surface area contributed by atoms with E-state index in [4.69, 9.17) is 9.47 Å². The molecule has 0 spiro atoms. The Kier molecular flexibility index (Phi) is 5.09. The summed E-state index contributed by atoms with van der Waals surface area (Å²) in [6.07, 6.45) is -0.325. The number of ether oxygens (including phenoxy) is 2. The smallest absolute Gasteiger partial charge is 0.249 e. The van der Waals surface area contributed by atoms with Gasteiger partial charge >= 0.3 is 0 Å². The van der Waals surface area contributed by atoms with Gasteiger partial charge in [-0.3, -0.25) is 4.79 Å². The Hall–Kier alpha value is -2.42. The standard InChI is InChI=1S/C20H22N2O5S/c1-26-16-7-9-17(10-8-16)28(24,25)21-12-18-19(13-21)27-14-20(23)22(18)11-15-5-3-2-4-6-15/h2-10,18-19H,11-14H2,1H3. The van der Waals surface area contributed by atoms with E-state index in [0.29, 0.717) is 12.3 Å². The number of methoxy groups -OCH3 is 1. The van der Waals surface area contributed by atoms with Gasteiger partial charge in [0.25, 0.3) is 0 Å². The van der Waals surface area contributed by atoms with Gasteiger partial charge in [0.1, 0.15) is 12.4 Å². The second-order valence-corrected chi connectivity index (χ2v) is 8.86. The number of hydrogen-bond acceptors (Lipinski definition) is 5. The number of benzene rings is 2. The normalized spacial score (nSPS) is 22.9. The van der Waals surface area contributed by atoms with Crippen molar-refractivity contribution in [1.29, 1.82) is 0 Å². The molecule has 2 aliphatic rings. The minimum atomic E-state index is -3.68. The zero-order valence-corrected chi connectivity index (χ0v) is 16.3. The molecule has 148 valence electrons. The zero-order valence-electron chi connectivity index (χ0n) is 15.5. The van der Waals surface area contributed by atoms with Crippen molar-refractivity contribution in [2.45, 2.75) is 23.6 Å².